The molecule has 2 aromatic heterocycles. The highest BCUT2D eigenvalue weighted by molar-refractivity contribution is 5.77. The Bertz CT molecular complexity index is 779. The van der Waals surface area contributed by atoms with Crippen molar-refractivity contribution < 1.29 is 4.79 Å². The van der Waals surface area contributed by atoms with E-state index >= 15 is 0 Å². The lowest BCUT2D eigenvalue weighted by atomic mass is 9.83. The maximum absolute atomic E-state index is 12.4. The predicted molar refractivity (Wildman–Crippen MR) is 108 cm³/mol. The Morgan fingerprint density at radius 2 is 2.00 bits per heavy atom. The molecule has 2 aromatic rings. The van der Waals surface area contributed by atoms with Crippen LogP contribution in [0.3, 0.4) is 0 Å². The van der Waals surface area contributed by atoms with Gasteiger partial charge in [-0.25, -0.2) is 9.97 Å². The minimum absolute atomic E-state index is 0.363. The highest BCUT2D eigenvalue weighted by Crippen LogP contribution is 2.32. The molecule has 0 saturated carbocycles. The lowest BCUT2D eigenvalue weighted by Crippen LogP contribution is -2.55. The number of carbonyl (C=O) groups is 1. The van der Waals surface area contributed by atoms with Gasteiger partial charge >= 0.3 is 0 Å². The standard InChI is InChI=1S/C22H29N5O/c1-2-3-11-27-20-9-12-26(16-18(20)7-8-21(27)28)15-17-13-24-22(25-14-17)19-6-4-5-10-23-19/h4-6,10,13-14,18,20H,2-3,7-9,11-12,15-16H2,1H3/t18-,20+/m0/s1. The van der Waals surface area contributed by atoms with Crippen molar-refractivity contribution in [2.45, 2.75) is 51.6 Å². The third-order valence-electron chi connectivity index (χ3n) is 5.99. The van der Waals surface area contributed by atoms with E-state index in [0.29, 0.717) is 30.1 Å². The molecule has 2 aliphatic heterocycles. The molecule has 0 radical (unpaired) electrons. The van der Waals surface area contributed by atoms with Crippen LogP contribution in [-0.2, 0) is 11.3 Å². The highest BCUT2D eigenvalue weighted by atomic mass is 16.2. The molecule has 0 N–H and O–H groups in total. The fourth-order valence-corrected chi connectivity index (χ4v) is 4.51. The van der Waals surface area contributed by atoms with E-state index < -0.39 is 0 Å². The summed E-state index contributed by atoms with van der Waals surface area (Å²) < 4.78 is 0. The van der Waals surface area contributed by atoms with Crippen LogP contribution < -0.4 is 0 Å². The Balaban J connectivity index is 1.36. The molecular formula is C22H29N5O. The van der Waals surface area contributed by atoms with Gasteiger partial charge in [0.1, 0.15) is 5.69 Å². The number of hydrogen-bond acceptors (Lipinski definition) is 5. The van der Waals surface area contributed by atoms with E-state index in [1.54, 1.807) is 6.20 Å². The molecule has 2 atom stereocenters. The summed E-state index contributed by atoms with van der Waals surface area (Å²) in [4.78, 5) is 30.3. The summed E-state index contributed by atoms with van der Waals surface area (Å²) in [7, 11) is 0. The quantitative estimate of drug-likeness (QED) is 0.772. The van der Waals surface area contributed by atoms with Gasteiger partial charge in [-0.05, 0) is 37.3 Å². The van der Waals surface area contributed by atoms with Crippen molar-refractivity contribution in [3.8, 4) is 11.5 Å². The second-order valence-corrected chi connectivity index (χ2v) is 7.96. The van der Waals surface area contributed by atoms with Crippen LogP contribution in [0, 0.1) is 5.92 Å². The summed E-state index contributed by atoms with van der Waals surface area (Å²) in [5, 5.41) is 0. The van der Waals surface area contributed by atoms with Crippen LogP contribution in [0.15, 0.2) is 36.8 Å². The molecule has 6 nitrogen and oxygen atoms in total. The van der Waals surface area contributed by atoms with Gasteiger partial charge in [-0.2, -0.15) is 0 Å². The summed E-state index contributed by atoms with van der Waals surface area (Å²) in [6, 6.07) is 6.20. The van der Waals surface area contributed by atoms with Crippen LogP contribution in [0.2, 0.25) is 0 Å². The van der Waals surface area contributed by atoms with E-state index in [9.17, 15) is 4.79 Å². The first-order chi connectivity index (χ1) is 13.7. The number of nitrogens with zero attached hydrogens (tertiary/aromatic N) is 5. The summed E-state index contributed by atoms with van der Waals surface area (Å²) in [6.45, 7) is 6.07. The van der Waals surface area contributed by atoms with Crippen LogP contribution in [0.4, 0.5) is 0 Å². The number of rotatable bonds is 6. The first kappa shape index (κ1) is 19.0. The minimum atomic E-state index is 0.363. The van der Waals surface area contributed by atoms with Gasteiger partial charge in [-0.3, -0.25) is 14.7 Å². The molecular weight excluding hydrogens is 350 g/mol. The number of carbonyl (C=O) groups excluding carboxylic acids is 1. The van der Waals surface area contributed by atoms with Crippen molar-refractivity contribution in [3.63, 3.8) is 0 Å². The van der Waals surface area contributed by atoms with Gasteiger partial charge < -0.3 is 4.90 Å². The maximum atomic E-state index is 12.4. The zero-order valence-electron chi connectivity index (χ0n) is 16.6. The number of likely N-dealkylation sites (tertiary alicyclic amines) is 2. The second kappa shape index (κ2) is 8.78. The van der Waals surface area contributed by atoms with Crippen LogP contribution in [0.5, 0.6) is 0 Å². The Morgan fingerprint density at radius 1 is 1.14 bits per heavy atom. The average Bonchev–Trinajstić information content (AvgIpc) is 2.74. The molecule has 0 aromatic carbocycles. The molecule has 0 aliphatic carbocycles. The lowest BCUT2D eigenvalue weighted by Gasteiger charge is -2.47. The molecule has 0 spiro atoms. The van der Waals surface area contributed by atoms with Gasteiger partial charge in [-0.15, -0.1) is 0 Å². The van der Waals surface area contributed by atoms with E-state index in [2.05, 4.69) is 31.7 Å². The fourth-order valence-electron chi connectivity index (χ4n) is 4.51. The van der Waals surface area contributed by atoms with Crippen molar-refractivity contribution >= 4 is 5.91 Å². The van der Waals surface area contributed by atoms with E-state index in [1.807, 2.05) is 30.6 Å². The van der Waals surface area contributed by atoms with Crippen LogP contribution >= 0.6 is 0 Å². The van der Waals surface area contributed by atoms with Crippen molar-refractivity contribution in [2.24, 2.45) is 5.92 Å². The molecule has 4 rings (SSSR count). The van der Waals surface area contributed by atoms with Gasteiger partial charge in [-0.1, -0.05) is 19.4 Å². The molecule has 2 fully saturated rings. The van der Waals surface area contributed by atoms with Crippen molar-refractivity contribution in [1.29, 1.82) is 0 Å². The number of unbranched alkanes of at least 4 members (excludes halogenated alkanes) is 1. The zero-order chi connectivity index (χ0) is 19.3. The van der Waals surface area contributed by atoms with Gasteiger partial charge in [0, 0.05) is 62.8 Å². The first-order valence-corrected chi connectivity index (χ1v) is 10.5. The van der Waals surface area contributed by atoms with E-state index in [4.69, 9.17) is 0 Å². The predicted octanol–water partition coefficient (Wildman–Crippen LogP) is 3.15. The molecule has 0 bridgehead atoms. The number of amides is 1. The molecule has 148 valence electrons. The van der Waals surface area contributed by atoms with Crippen LogP contribution in [-0.4, -0.2) is 56.3 Å². The summed E-state index contributed by atoms with van der Waals surface area (Å²) in [5.74, 6) is 1.62. The molecule has 0 unspecified atom stereocenters. The number of piperidine rings is 2. The zero-order valence-corrected chi connectivity index (χ0v) is 16.6. The normalized spacial score (nSPS) is 22.9. The van der Waals surface area contributed by atoms with Gasteiger partial charge in [0.2, 0.25) is 5.91 Å². The molecule has 1 amide bonds. The van der Waals surface area contributed by atoms with Gasteiger partial charge in [0.05, 0.1) is 0 Å². The molecule has 4 heterocycles. The van der Waals surface area contributed by atoms with E-state index in [-0.39, 0.29) is 0 Å². The lowest BCUT2D eigenvalue weighted by molar-refractivity contribution is -0.141. The molecule has 2 saturated heterocycles. The number of pyridine rings is 1. The third-order valence-corrected chi connectivity index (χ3v) is 5.99. The average molecular weight is 380 g/mol. The smallest absolute Gasteiger partial charge is 0.222 e. The minimum Gasteiger partial charge on any atom is -0.339 e. The molecule has 2 aliphatic rings. The topological polar surface area (TPSA) is 62.2 Å². The van der Waals surface area contributed by atoms with Crippen molar-refractivity contribution in [1.82, 2.24) is 24.8 Å². The molecule has 6 heteroatoms. The van der Waals surface area contributed by atoms with Crippen molar-refractivity contribution in [2.75, 3.05) is 19.6 Å². The maximum Gasteiger partial charge on any atom is 0.222 e. The summed E-state index contributed by atoms with van der Waals surface area (Å²) in [5.41, 5.74) is 1.93. The monoisotopic (exact) mass is 379 g/mol. The van der Waals surface area contributed by atoms with Gasteiger partial charge in [0.15, 0.2) is 5.82 Å². The second-order valence-electron chi connectivity index (χ2n) is 7.96. The van der Waals surface area contributed by atoms with E-state index in [0.717, 1.165) is 63.1 Å². The third kappa shape index (κ3) is 4.22. The van der Waals surface area contributed by atoms with Crippen LogP contribution in [0.1, 0.15) is 44.6 Å². The largest absolute Gasteiger partial charge is 0.339 e. The number of aromatic nitrogens is 3. The number of fused-ring (bicyclic) bond motifs is 1. The fraction of sp³-hybridized carbons (Fsp3) is 0.545. The highest BCUT2D eigenvalue weighted by Gasteiger charge is 2.38. The Hall–Kier alpha value is -2.34. The number of hydrogen-bond donors (Lipinski definition) is 0. The summed E-state index contributed by atoms with van der Waals surface area (Å²) in [6.07, 6.45) is 10.7. The van der Waals surface area contributed by atoms with Gasteiger partial charge in [0.25, 0.3) is 0 Å². The van der Waals surface area contributed by atoms with E-state index in [1.165, 1.54) is 0 Å². The Labute approximate surface area is 167 Å². The summed E-state index contributed by atoms with van der Waals surface area (Å²) >= 11 is 0. The first-order valence-electron chi connectivity index (χ1n) is 10.5. The Morgan fingerprint density at radius 3 is 2.75 bits per heavy atom. The Kier molecular flexibility index (Phi) is 5.95. The molecule has 28 heavy (non-hydrogen) atoms. The van der Waals surface area contributed by atoms with Crippen LogP contribution in [0.25, 0.3) is 11.5 Å². The SMILES string of the molecule is CCCCN1C(=O)CC[C@H]2CN(Cc3cnc(-c4ccccn4)nc3)CC[C@H]21. The van der Waals surface area contributed by atoms with Crippen molar-refractivity contribution in [3.05, 3.63) is 42.4 Å².